The van der Waals surface area contributed by atoms with Gasteiger partial charge in [-0.15, -0.1) is 0 Å². The fourth-order valence-corrected chi connectivity index (χ4v) is 7.24. The van der Waals surface area contributed by atoms with Crippen LogP contribution in [0.1, 0.15) is 37.9 Å². The fraction of sp³-hybridized carbons (Fsp3) is 0.333. The van der Waals surface area contributed by atoms with Crippen LogP contribution in [0.5, 0.6) is 5.75 Å². The first-order chi connectivity index (χ1) is 21.4. The van der Waals surface area contributed by atoms with Crippen molar-refractivity contribution in [2.24, 2.45) is 0 Å². The molecule has 6 rings (SSSR count). The summed E-state index contributed by atoms with van der Waals surface area (Å²) < 4.78 is 34.0. The summed E-state index contributed by atoms with van der Waals surface area (Å²) in [5.41, 5.74) is 0.165. The Kier molecular flexibility index (Phi) is 7.55. The first-order valence-corrected chi connectivity index (χ1v) is 15.1. The molecule has 0 radical (unpaired) electrons. The molecule has 0 spiro atoms. The second-order valence-electron chi connectivity index (χ2n) is 12.0. The molecule has 1 fully saturated rings. The third-order valence-electron chi connectivity index (χ3n) is 8.72. The minimum atomic E-state index is -0.988. The van der Waals surface area contributed by atoms with E-state index in [1.807, 2.05) is 30.6 Å². The number of amides is 1. The van der Waals surface area contributed by atoms with Gasteiger partial charge in [0.1, 0.15) is 22.9 Å². The lowest BCUT2D eigenvalue weighted by atomic mass is 9.98. The van der Waals surface area contributed by atoms with Crippen molar-refractivity contribution in [3.63, 3.8) is 0 Å². The smallest absolute Gasteiger partial charge is 0.354 e. The van der Waals surface area contributed by atoms with E-state index in [2.05, 4.69) is 16.5 Å². The Bertz CT molecular complexity index is 1940. The van der Waals surface area contributed by atoms with E-state index in [4.69, 9.17) is 11.6 Å². The lowest BCUT2D eigenvalue weighted by molar-refractivity contribution is -0.127. The summed E-state index contributed by atoms with van der Waals surface area (Å²) in [6, 6.07) is 4.71. The van der Waals surface area contributed by atoms with Gasteiger partial charge in [-0.2, -0.15) is 4.98 Å². The first kappa shape index (κ1) is 30.5. The highest BCUT2D eigenvalue weighted by Crippen LogP contribution is 2.50. The summed E-state index contributed by atoms with van der Waals surface area (Å²) >= 11 is 7.05. The van der Waals surface area contributed by atoms with Crippen molar-refractivity contribution in [2.75, 3.05) is 36.5 Å². The van der Waals surface area contributed by atoms with E-state index >= 15 is 8.78 Å². The van der Waals surface area contributed by atoms with Crippen LogP contribution in [0, 0.1) is 18.6 Å². The molecule has 4 heterocycles. The average Bonchev–Trinajstić information content (AvgIpc) is 3.10. The third kappa shape index (κ3) is 4.63. The van der Waals surface area contributed by atoms with Crippen molar-refractivity contribution in [1.29, 1.82) is 0 Å². The number of anilines is 2. The van der Waals surface area contributed by atoms with Crippen molar-refractivity contribution in [3.05, 3.63) is 81.5 Å². The van der Waals surface area contributed by atoms with Gasteiger partial charge in [-0.1, -0.05) is 38.1 Å². The normalized spacial score (nSPS) is 17.9. The number of rotatable bonds is 4. The molecule has 2 unspecified atom stereocenters. The monoisotopic (exact) mass is 634 g/mol. The van der Waals surface area contributed by atoms with Crippen molar-refractivity contribution in [1.82, 2.24) is 19.4 Å². The van der Waals surface area contributed by atoms with Crippen LogP contribution >= 0.6 is 11.6 Å². The second kappa shape index (κ2) is 11.1. The second-order valence-corrected chi connectivity index (χ2v) is 12.4. The molecule has 45 heavy (non-hydrogen) atoms. The number of phenolic OH excluding ortho intramolecular Hbond substituents is 1. The number of aryl methyl sites for hydroxylation is 1. The van der Waals surface area contributed by atoms with Gasteiger partial charge in [0, 0.05) is 44.5 Å². The predicted molar refractivity (Wildman–Crippen MR) is 172 cm³/mol. The Labute approximate surface area is 264 Å². The Morgan fingerprint density at radius 1 is 1.16 bits per heavy atom. The summed E-state index contributed by atoms with van der Waals surface area (Å²) in [7, 11) is 1.76. The lowest BCUT2D eigenvalue weighted by Crippen LogP contribution is -2.61. The molecule has 0 aliphatic carbocycles. The van der Waals surface area contributed by atoms with E-state index in [1.54, 1.807) is 31.1 Å². The molecular formula is C33H33ClF2N6O3. The van der Waals surface area contributed by atoms with Crippen molar-refractivity contribution < 1.29 is 18.7 Å². The van der Waals surface area contributed by atoms with Gasteiger partial charge in [-0.05, 0) is 49.6 Å². The van der Waals surface area contributed by atoms with E-state index < -0.39 is 28.6 Å². The molecule has 2 atom stereocenters. The number of likely N-dealkylation sites (N-methyl/N-ethyl adjacent to an activating group) is 1. The van der Waals surface area contributed by atoms with E-state index in [1.165, 1.54) is 22.8 Å². The minimum Gasteiger partial charge on any atom is -0.507 e. The Balaban J connectivity index is 1.81. The van der Waals surface area contributed by atoms with Crippen LogP contribution in [0.25, 0.3) is 27.7 Å². The maximum atomic E-state index is 17.4. The molecule has 2 aromatic carbocycles. The number of pyridine rings is 1. The zero-order valence-electron chi connectivity index (χ0n) is 25.6. The van der Waals surface area contributed by atoms with E-state index in [0.717, 1.165) is 6.07 Å². The molecular weight excluding hydrogens is 602 g/mol. The van der Waals surface area contributed by atoms with Crippen LogP contribution in [-0.2, 0) is 4.79 Å². The first-order valence-electron chi connectivity index (χ1n) is 14.7. The molecule has 4 aromatic rings. The molecule has 1 N–H and O–H groups in total. The van der Waals surface area contributed by atoms with Crippen LogP contribution in [0.3, 0.4) is 0 Å². The number of piperazine rings is 1. The molecule has 0 bridgehead atoms. The number of benzene rings is 2. The number of aromatic nitrogens is 3. The number of carbonyl (C=O) groups is 1. The summed E-state index contributed by atoms with van der Waals surface area (Å²) in [6.45, 7) is 12.1. The van der Waals surface area contributed by atoms with Gasteiger partial charge in [0.2, 0.25) is 5.91 Å². The van der Waals surface area contributed by atoms with Gasteiger partial charge in [0.25, 0.3) is 0 Å². The van der Waals surface area contributed by atoms with Gasteiger partial charge in [-0.25, -0.2) is 13.6 Å². The van der Waals surface area contributed by atoms with Gasteiger partial charge in [0.05, 0.1) is 39.1 Å². The van der Waals surface area contributed by atoms with E-state index in [0.29, 0.717) is 42.3 Å². The number of hydrogen-bond donors (Lipinski definition) is 1. The molecule has 1 amide bonds. The lowest BCUT2D eigenvalue weighted by Gasteiger charge is -2.46. The van der Waals surface area contributed by atoms with E-state index in [9.17, 15) is 14.7 Å². The predicted octanol–water partition coefficient (Wildman–Crippen LogP) is 5.56. The topological polar surface area (TPSA) is 94.8 Å². The van der Waals surface area contributed by atoms with Crippen LogP contribution in [-0.4, -0.2) is 69.2 Å². The highest BCUT2D eigenvalue weighted by Gasteiger charge is 2.42. The quantitative estimate of drug-likeness (QED) is 0.294. The molecule has 2 aliphatic rings. The molecule has 234 valence electrons. The Morgan fingerprint density at radius 3 is 2.56 bits per heavy atom. The van der Waals surface area contributed by atoms with Gasteiger partial charge in [0.15, 0.2) is 5.82 Å². The van der Waals surface area contributed by atoms with Crippen LogP contribution in [0.4, 0.5) is 20.3 Å². The standard InChI is InChI=1S/C33H33ClF2N6O3/c1-7-22(44)40-13-18(5)41-19(15-40)14-39(6)30-25-31(27(36)24(26(30)34)23-20(35)9-8-10-21(23)43)42(33(45)38-32(25)41)29-17(4)11-12-37-28(29)16(2)3/h7-12,16,18-19,43H,1,13-15H2,2-6H3. The molecule has 0 saturated carbocycles. The number of nitrogens with zero attached hydrogens (tertiary/aromatic N) is 6. The van der Waals surface area contributed by atoms with E-state index in [-0.39, 0.29) is 51.2 Å². The fourth-order valence-electron chi connectivity index (χ4n) is 6.82. The van der Waals surface area contributed by atoms with Crippen molar-refractivity contribution in [3.8, 4) is 22.6 Å². The summed E-state index contributed by atoms with van der Waals surface area (Å²) in [5, 5.41) is 10.9. The van der Waals surface area contributed by atoms with Crippen molar-refractivity contribution in [2.45, 2.75) is 45.7 Å². The largest absolute Gasteiger partial charge is 0.507 e. The summed E-state index contributed by atoms with van der Waals surface area (Å²) in [5.74, 6) is -2.54. The number of halogens is 3. The average molecular weight is 635 g/mol. The maximum absolute atomic E-state index is 17.4. The molecule has 12 heteroatoms. The number of hydrogen-bond acceptors (Lipinski definition) is 7. The number of phenols is 1. The molecule has 9 nitrogen and oxygen atoms in total. The zero-order valence-corrected chi connectivity index (χ0v) is 26.4. The van der Waals surface area contributed by atoms with Crippen molar-refractivity contribution >= 4 is 39.9 Å². The van der Waals surface area contributed by atoms with Crippen LogP contribution < -0.4 is 15.5 Å². The van der Waals surface area contributed by atoms with Crippen LogP contribution in [0.15, 0.2) is 47.9 Å². The molecule has 2 aliphatic heterocycles. The summed E-state index contributed by atoms with van der Waals surface area (Å²) in [4.78, 5) is 41.5. The Hall–Kier alpha value is -4.51. The SMILES string of the molecule is C=CC(=O)N1CC(C)N2c3nc(=O)n(-c4c(C)ccnc4C(C)C)c4c(F)c(-c5c(O)cccc5F)c(Cl)c(c34)N(C)CC2C1. The third-order valence-corrected chi connectivity index (χ3v) is 9.08. The number of aromatic hydroxyl groups is 1. The summed E-state index contributed by atoms with van der Waals surface area (Å²) in [6.07, 6.45) is 2.89. The number of fused-ring (bicyclic) bond motifs is 2. The minimum absolute atomic E-state index is 0.144. The highest BCUT2D eigenvalue weighted by atomic mass is 35.5. The van der Waals surface area contributed by atoms with Gasteiger partial charge >= 0.3 is 5.69 Å². The van der Waals surface area contributed by atoms with Gasteiger partial charge in [-0.3, -0.25) is 14.3 Å². The molecule has 1 saturated heterocycles. The molecule has 2 aromatic heterocycles. The van der Waals surface area contributed by atoms with Gasteiger partial charge < -0.3 is 19.8 Å². The zero-order chi connectivity index (χ0) is 32.5. The van der Waals surface area contributed by atoms with Crippen LogP contribution in [0.2, 0.25) is 5.02 Å². The highest BCUT2D eigenvalue weighted by molar-refractivity contribution is 6.38. The maximum Gasteiger partial charge on any atom is 0.354 e. The number of carbonyl (C=O) groups excluding carboxylic acids is 1. The Morgan fingerprint density at radius 2 is 1.89 bits per heavy atom.